The van der Waals surface area contributed by atoms with Crippen molar-refractivity contribution in [1.29, 1.82) is 0 Å². The largest absolute Gasteiger partial charge is 0.494 e. The second-order valence-electron chi connectivity index (χ2n) is 4.18. The predicted molar refractivity (Wildman–Crippen MR) is 67.1 cm³/mol. The first kappa shape index (κ1) is 11.3. The van der Waals surface area contributed by atoms with Crippen molar-refractivity contribution in [3.05, 3.63) is 24.3 Å². The Morgan fingerprint density at radius 3 is 2.44 bits per heavy atom. The summed E-state index contributed by atoms with van der Waals surface area (Å²) in [6, 6.07) is 8.38. The zero-order valence-electron chi connectivity index (χ0n) is 9.69. The summed E-state index contributed by atoms with van der Waals surface area (Å²) in [5.41, 5.74) is 6.72. The van der Waals surface area contributed by atoms with Gasteiger partial charge in [0.15, 0.2) is 0 Å². The van der Waals surface area contributed by atoms with Crippen LogP contribution in [0.4, 0.5) is 5.69 Å². The van der Waals surface area contributed by atoms with E-state index in [1.54, 1.807) is 0 Å². The number of rotatable bonds is 5. The fourth-order valence-electron chi connectivity index (χ4n) is 2.00. The molecule has 1 aliphatic heterocycles. The van der Waals surface area contributed by atoms with Crippen LogP contribution in [0.1, 0.15) is 19.3 Å². The van der Waals surface area contributed by atoms with E-state index in [4.69, 9.17) is 10.5 Å². The predicted octanol–water partition coefficient (Wildman–Crippen LogP) is 2.01. The number of nitrogens with zero attached hydrogens (tertiary/aromatic N) is 1. The molecule has 0 unspecified atom stereocenters. The summed E-state index contributed by atoms with van der Waals surface area (Å²) in [6.07, 6.45) is 3.54. The topological polar surface area (TPSA) is 38.5 Å². The number of hydrogen-bond donors (Lipinski definition) is 1. The minimum atomic E-state index is 0.686. The summed E-state index contributed by atoms with van der Waals surface area (Å²) in [5.74, 6) is 0.941. The normalized spacial score (nSPS) is 15.4. The molecule has 3 nitrogen and oxygen atoms in total. The minimum absolute atomic E-state index is 0.686. The summed E-state index contributed by atoms with van der Waals surface area (Å²) in [5, 5.41) is 0. The Morgan fingerprint density at radius 1 is 1.12 bits per heavy atom. The van der Waals surface area contributed by atoms with Crippen LogP contribution in [-0.2, 0) is 0 Å². The van der Waals surface area contributed by atoms with Gasteiger partial charge in [0.25, 0.3) is 0 Å². The van der Waals surface area contributed by atoms with Crippen molar-refractivity contribution >= 4 is 5.69 Å². The average Bonchev–Trinajstić information content (AvgIpc) is 2.84. The van der Waals surface area contributed by atoms with E-state index in [2.05, 4.69) is 17.0 Å². The Bertz CT molecular complexity index is 304. The van der Waals surface area contributed by atoms with Crippen LogP contribution in [0.5, 0.6) is 5.75 Å². The molecule has 2 rings (SSSR count). The molecule has 0 aromatic heterocycles. The summed E-state index contributed by atoms with van der Waals surface area (Å²) in [6.45, 7) is 3.77. The third kappa shape index (κ3) is 2.89. The van der Waals surface area contributed by atoms with Crippen LogP contribution in [0.15, 0.2) is 24.3 Å². The zero-order chi connectivity index (χ0) is 11.2. The molecule has 3 heteroatoms. The molecule has 1 fully saturated rings. The second-order valence-corrected chi connectivity index (χ2v) is 4.18. The standard InChI is InChI=1S/C13H20N2O/c14-8-3-11-16-13-6-4-12(5-7-13)15-9-1-2-10-15/h4-7H,1-3,8-11,14H2. The monoisotopic (exact) mass is 220 g/mol. The first-order valence-electron chi connectivity index (χ1n) is 6.08. The fourth-order valence-corrected chi connectivity index (χ4v) is 2.00. The first-order valence-corrected chi connectivity index (χ1v) is 6.08. The van der Waals surface area contributed by atoms with E-state index < -0.39 is 0 Å². The molecule has 0 bridgehead atoms. The summed E-state index contributed by atoms with van der Waals surface area (Å²) in [7, 11) is 0. The van der Waals surface area contributed by atoms with E-state index in [1.165, 1.54) is 31.6 Å². The Kier molecular flexibility index (Phi) is 4.05. The summed E-state index contributed by atoms with van der Waals surface area (Å²) in [4.78, 5) is 2.42. The number of hydrogen-bond acceptors (Lipinski definition) is 3. The molecule has 0 saturated carbocycles. The highest BCUT2D eigenvalue weighted by Gasteiger charge is 2.11. The van der Waals surface area contributed by atoms with Crippen molar-refractivity contribution in [2.24, 2.45) is 5.73 Å². The molecule has 0 aliphatic carbocycles. The molecular formula is C13H20N2O. The average molecular weight is 220 g/mol. The van der Waals surface area contributed by atoms with E-state index in [-0.39, 0.29) is 0 Å². The number of anilines is 1. The Labute approximate surface area is 97.2 Å². The Morgan fingerprint density at radius 2 is 1.81 bits per heavy atom. The van der Waals surface area contributed by atoms with Gasteiger partial charge in [-0.25, -0.2) is 0 Å². The van der Waals surface area contributed by atoms with Gasteiger partial charge in [0.2, 0.25) is 0 Å². The maximum atomic E-state index is 5.57. The van der Waals surface area contributed by atoms with E-state index in [9.17, 15) is 0 Å². The summed E-state index contributed by atoms with van der Waals surface area (Å²) < 4.78 is 5.57. The lowest BCUT2D eigenvalue weighted by Gasteiger charge is -2.17. The fraction of sp³-hybridized carbons (Fsp3) is 0.538. The van der Waals surface area contributed by atoms with Crippen LogP contribution in [0, 0.1) is 0 Å². The molecule has 0 atom stereocenters. The van der Waals surface area contributed by atoms with E-state index in [0.717, 1.165) is 12.2 Å². The van der Waals surface area contributed by atoms with Gasteiger partial charge in [-0.15, -0.1) is 0 Å². The van der Waals surface area contributed by atoms with Gasteiger partial charge in [-0.3, -0.25) is 0 Å². The highest BCUT2D eigenvalue weighted by atomic mass is 16.5. The van der Waals surface area contributed by atoms with Crippen molar-refractivity contribution in [2.75, 3.05) is 31.1 Å². The third-order valence-corrected chi connectivity index (χ3v) is 2.93. The highest BCUT2D eigenvalue weighted by Crippen LogP contribution is 2.22. The smallest absolute Gasteiger partial charge is 0.119 e. The SMILES string of the molecule is NCCCOc1ccc(N2CCCC2)cc1. The number of nitrogens with two attached hydrogens (primary N) is 1. The van der Waals surface area contributed by atoms with E-state index >= 15 is 0 Å². The van der Waals surface area contributed by atoms with Crippen molar-refractivity contribution < 1.29 is 4.74 Å². The van der Waals surface area contributed by atoms with E-state index in [0.29, 0.717) is 13.2 Å². The maximum Gasteiger partial charge on any atom is 0.119 e. The molecule has 1 aliphatic rings. The summed E-state index contributed by atoms with van der Waals surface area (Å²) >= 11 is 0. The van der Waals surface area contributed by atoms with Crippen molar-refractivity contribution in [2.45, 2.75) is 19.3 Å². The van der Waals surface area contributed by atoms with Crippen LogP contribution < -0.4 is 15.4 Å². The van der Waals surface area contributed by atoms with Gasteiger partial charge in [-0.1, -0.05) is 0 Å². The lowest BCUT2D eigenvalue weighted by atomic mass is 10.3. The van der Waals surface area contributed by atoms with Gasteiger partial charge in [0.05, 0.1) is 6.61 Å². The van der Waals surface area contributed by atoms with Gasteiger partial charge in [-0.05, 0) is 50.1 Å². The van der Waals surface area contributed by atoms with Gasteiger partial charge in [0.1, 0.15) is 5.75 Å². The van der Waals surface area contributed by atoms with Crippen LogP contribution in [-0.4, -0.2) is 26.2 Å². The van der Waals surface area contributed by atoms with Crippen molar-refractivity contribution in [1.82, 2.24) is 0 Å². The molecular weight excluding hydrogens is 200 g/mol. The van der Waals surface area contributed by atoms with Gasteiger partial charge < -0.3 is 15.4 Å². The van der Waals surface area contributed by atoms with Gasteiger partial charge in [-0.2, -0.15) is 0 Å². The molecule has 88 valence electrons. The molecule has 1 heterocycles. The molecule has 0 radical (unpaired) electrons. The third-order valence-electron chi connectivity index (χ3n) is 2.93. The quantitative estimate of drug-likeness (QED) is 0.771. The van der Waals surface area contributed by atoms with Gasteiger partial charge >= 0.3 is 0 Å². The van der Waals surface area contributed by atoms with Crippen LogP contribution >= 0.6 is 0 Å². The Hall–Kier alpha value is -1.22. The first-order chi connectivity index (χ1) is 7.90. The molecule has 0 amide bonds. The molecule has 1 aromatic carbocycles. The van der Waals surface area contributed by atoms with Crippen LogP contribution in [0.3, 0.4) is 0 Å². The molecule has 16 heavy (non-hydrogen) atoms. The zero-order valence-corrected chi connectivity index (χ0v) is 9.69. The maximum absolute atomic E-state index is 5.57. The molecule has 0 spiro atoms. The van der Waals surface area contributed by atoms with E-state index in [1.807, 2.05) is 12.1 Å². The van der Waals surface area contributed by atoms with Gasteiger partial charge in [0, 0.05) is 18.8 Å². The molecule has 1 aromatic rings. The second kappa shape index (κ2) is 5.75. The van der Waals surface area contributed by atoms with Crippen LogP contribution in [0.25, 0.3) is 0 Å². The van der Waals surface area contributed by atoms with Crippen LogP contribution in [0.2, 0.25) is 0 Å². The Balaban J connectivity index is 1.88. The highest BCUT2D eigenvalue weighted by molar-refractivity contribution is 5.49. The lowest BCUT2D eigenvalue weighted by Crippen LogP contribution is -2.17. The molecule has 2 N–H and O–H groups in total. The number of ether oxygens (including phenoxy) is 1. The van der Waals surface area contributed by atoms with Crippen molar-refractivity contribution in [3.63, 3.8) is 0 Å². The number of benzene rings is 1. The lowest BCUT2D eigenvalue weighted by molar-refractivity contribution is 0.313. The van der Waals surface area contributed by atoms with Crippen molar-refractivity contribution in [3.8, 4) is 5.75 Å². The minimum Gasteiger partial charge on any atom is -0.494 e. The molecule has 1 saturated heterocycles.